The summed E-state index contributed by atoms with van der Waals surface area (Å²) in [6.07, 6.45) is 4.41. The topological polar surface area (TPSA) is 3.24 Å². The highest BCUT2D eigenvalue weighted by atomic mass is 15.1. The fourth-order valence-corrected chi connectivity index (χ4v) is 2.59. The Labute approximate surface area is 63.4 Å². The maximum atomic E-state index is 2.50. The molecule has 0 aromatic carbocycles. The van der Waals surface area contributed by atoms with Gasteiger partial charge in [-0.3, -0.25) is 0 Å². The summed E-state index contributed by atoms with van der Waals surface area (Å²) in [6, 6.07) is 0. The smallest absolute Gasteiger partial charge is 0.00382 e. The molecule has 0 amide bonds. The molecule has 1 unspecified atom stereocenters. The third-order valence-electron chi connectivity index (χ3n) is 3.37. The van der Waals surface area contributed by atoms with Crippen LogP contribution >= 0.6 is 0 Å². The predicted octanol–water partition coefficient (Wildman–Crippen LogP) is 1.74. The monoisotopic (exact) mass is 139 g/mol. The number of hydrogen-bond acceptors (Lipinski definition) is 1. The summed E-state index contributed by atoms with van der Waals surface area (Å²) in [4.78, 5) is 2.50. The molecule has 1 saturated heterocycles. The molecule has 0 radical (unpaired) electrons. The minimum Gasteiger partial charge on any atom is -0.306 e. The summed E-state index contributed by atoms with van der Waals surface area (Å²) in [6.45, 7) is 5.08. The van der Waals surface area contributed by atoms with Crippen LogP contribution in [-0.2, 0) is 0 Å². The van der Waals surface area contributed by atoms with Crippen molar-refractivity contribution < 1.29 is 0 Å². The van der Waals surface area contributed by atoms with Crippen LogP contribution in [0.1, 0.15) is 26.2 Å². The maximum absolute atomic E-state index is 2.50. The van der Waals surface area contributed by atoms with Gasteiger partial charge < -0.3 is 4.90 Å². The van der Waals surface area contributed by atoms with Gasteiger partial charge in [-0.1, -0.05) is 13.3 Å². The third-order valence-corrected chi connectivity index (χ3v) is 3.37. The lowest BCUT2D eigenvalue weighted by Gasteiger charge is -2.13. The van der Waals surface area contributed by atoms with Crippen LogP contribution in [0.25, 0.3) is 0 Å². The summed E-state index contributed by atoms with van der Waals surface area (Å²) in [5.41, 5.74) is 0.809. The molecular weight excluding hydrogens is 122 g/mol. The van der Waals surface area contributed by atoms with Crippen molar-refractivity contribution in [2.75, 3.05) is 20.1 Å². The van der Waals surface area contributed by atoms with Crippen molar-refractivity contribution in [2.24, 2.45) is 11.3 Å². The molecule has 1 aliphatic carbocycles. The van der Waals surface area contributed by atoms with Gasteiger partial charge in [0.05, 0.1) is 0 Å². The minimum atomic E-state index is 0.809. The zero-order valence-corrected chi connectivity index (χ0v) is 7.06. The largest absolute Gasteiger partial charge is 0.306 e. The van der Waals surface area contributed by atoms with E-state index in [1.54, 1.807) is 0 Å². The number of likely N-dealkylation sites (tertiary alicyclic amines) is 1. The van der Waals surface area contributed by atoms with E-state index in [-0.39, 0.29) is 0 Å². The van der Waals surface area contributed by atoms with Crippen molar-refractivity contribution in [3.05, 3.63) is 0 Å². The molecule has 2 aliphatic rings. The van der Waals surface area contributed by atoms with E-state index in [0.717, 1.165) is 11.3 Å². The Hall–Kier alpha value is -0.0400. The summed E-state index contributed by atoms with van der Waals surface area (Å²) in [5, 5.41) is 0. The fraction of sp³-hybridized carbons (Fsp3) is 1.00. The highest BCUT2D eigenvalue weighted by Crippen LogP contribution is 2.56. The van der Waals surface area contributed by atoms with E-state index in [9.17, 15) is 0 Å². The molecular formula is C9H17N. The predicted molar refractivity (Wildman–Crippen MR) is 42.9 cm³/mol. The van der Waals surface area contributed by atoms with Gasteiger partial charge >= 0.3 is 0 Å². The zero-order chi connectivity index (χ0) is 7.19. The van der Waals surface area contributed by atoms with Crippen molar-refractivity contribution in [1.82, 2.24) is 4.90 Å². The molecule has 58 valence electrons. The molecule has 2 fully saturated rings. The fourth-order valence-electron chi connectivity index (χ4n) is 2.59. The first kappa shape index (κ1) is 6.66. The van der Waals surface area contributed by atoms with Gasteiger partial charge in [-0.05, 0) is 31.2 Å². The van der Waals surface area contributed by atoms with Crippen LogP contribution in [-0.4, -0.2) is 25.0 Å². The molecule has 1 spiro atoms. The van der Waals surface area contributed by atoms with Gasteiger partial charge in [0.2, 0.25) is 0 Å². The molecule has 2 rings (SSSR count). The van der Waals surface area contributed by atoms with Gasteiger partial charge in [-0.15, -0.1) is 0 Å². The molecule has 0 aromatic heterocycles. The van der Waals surface area contributed by atoms with Crippen molar-refractivity contribution in [3.63, 3.8) is 0 Å². The van der Waals surface area contributed by atoms with Gasteiger partial charge in [-0.2, -0.15) is 0 Å². The van der Waals surface area contributed by atoms with Gasteiger partial charge in [0.15, 0.2) is 0 Å². The molecule has 0 bridgehead atoms. The van der Waals surface area contributed by atoms with Gasteiger partial charge in [0.1, 0.15) is 0 Å². The van der Waals surface area contributed by atoms with Crippen molar-refractivity contribution in [1.29, 1.82) is 0 Å². The quantitative estimate of drug-likeness (QED) is 0.535. The Balaban J connectivity index is 2.06. The van der Waals surface area contributed by atoms with E-state index in [1.165, 1.54) is 32.4 Å². The second kappa shape index (κ2) is 1.97. The Morgan fingerprint density at radius 3 is 2.60 bits per heavy atom. The Kier molecular flexibility index (Phi) is 1.31. The van der Waals surface area contributed by atoms with Crippen LogP contribution in [0, 0.1) is 11.3 Å². The molecule has 1 nitrogen and oxygen atoms in total. The molecule has 1 atom stereocenters. The average molecular weight is 139 g/mol. The maximum Gasteiger partial charge on any atom is 0.00382 e. The van der Waals surface area contributed by atoms with E-state index in [4.69, 9.17) is 0 Å². The first-order valence-corrected chi connectivity index (χ1v) is 4.45. The first-order chi connectivity index (χ1) is 4.77. The van der Waals surface area contributed by atoms with Crippen molar-refractivity contribution in [3.8, 4) is 0 Å². The molecule has 10 heavy (non-hydrogen) atoms. The van der Waals surface area contributed by atoms with E-state index in [0.29, 0.717) is 0 Å². The number of hydrogen-bond donors (Lipinski definition) is 0. The van der Waals surface area contributed by atoms with E-state index >= 15 is 0 Å². The van der Waals surface area contributed by atoms with E-state index < -0.39 is 0 Å². The molecule has 0 N–H and O–H groups in total. The Bertz CT molecular complexity index is 138. The molecule has 1 aliphatic heterocycles. The van der Waals surface area contributed by atoms with Crippen LogP contribution in [0.5, 0.6) is 0 Å². The van der Waals surface area contributed by atoms with Crippen LogP contribution < -0.4 is 0 Å². The first-order valence-electron chi connectivity index (χ1n) is 4.45. The summed E-state index contributed by atoms with van der Waals surface area (Å²) in [5.74, 6) is 1.03. The highest BCUT2D eigenvalue weighted by Gasteiger charge is 2.52. The van der Waals surface area contributed by atoms with Crippen molar-refractivity contribution in [2.45, 2.75) is 26.2 Å². The van der Waals surface area contributed by atoms with E-state index in [2.05, 4.69) is 18.9 Å². The Morgan fingerprint density at radius 1 is 1.50 bits per heavy atom. The minimum absolute atomic E-state index is 0.809. The number of rotatable bonds is 1. The van der Waals surface area contributed by atoms with Crippen molar-refractivity contribution >= 4 is 0 Å². The van der Waals surface area contributed by atoms with Crippen LogP contribution in [0.3, 0.4) is 0 Å². The van der Waals surface area contributed by atoms with Gasteiger partial charge in [0.25, 0.3) is 0 Å². The lowest BCUT2D eigenvalue weighted by atomic mass is 9.91. The average Bonchev–Trinajstić information content (AvgIpc) is 2.55. The molecule has 1 saturated carbocycles. The van der Waals surface area contributed by atoms with Crippen LogP contribution in [0.15, 0.2) is 0 Å². The molecule has 1 heteroatoms. The number of nitrogens with zero attached hydrogens (tertiary/aromatic N) is 1. The summed E-state index contributed by atoms with van der Waals surface area (Å²) < 4.78 is 0. The molecule has 1 heterocycles. The van der Waals surface area contributed by atoms with E-state index in [1.807, 2.05) is 0 Å². The SMILES string of the molecule is CCC1CN(C)CC12CC2. The highest BCUT2D eigenvalue weighted by molar-refractivity contribution is 5.04. The lowest BCUT2D eigenvalue weighted by molar-refractivity contribution is 0.385. The Morgan fingerprint density at radius 2 is 2.20 bits per heavy atom. The van der Waals surface area contributed by atoms with Gasteiger partial charge in [0, 0.05) is 13.1 Å². The second-order valence-corrected chi connectivity index (χ2v) is 4.16. The second-order valence-electron chi connectivity index (χ2n) is 4.16. The van der Waals surface area contributed by atoms with Crippen LogP contribution in [0.4, 0.5) is 0 Å². The lowest BCUT2D eigenvalue weighted by Crippen LogP contribution is -2.14. The summed E-state index contributed by atoms with van der Waals surface area (Å²) >= 11 is 0. The summed E-state index contributed by atoms with van der Waals surface area (Å²) in [7, 11) is 2.26. The van der Waals surface area contributed by atoms with Crippen LogP contribution in [0.2, 0.25) is 0 Å². The zero-order valence-electron chi connectivity index (χ0n) is 7.06. The normalized spacial score (nSPS) is 37.2. The van der Waals surface area contributed by atoms with Gasteiger partial charge in [-0.25, -0.2) is 0 Å². The standard InChI is InChI=1S/C9H17N/c1-3-8-6-10(2)7-9(8)4-5-9/h8H,3-7H2,1-2H3. The molecule has 0 aromatic rings. The third kappa shape index (κ3) is 0.800.